The molecule has 2 aromatic carbocycles. The lowest BCUT2D eigenvalue weighted by Gasteiger charge is -2.28. The Labute approximate surface area is 206 Å². The molecule has 0 spiro atoms. The molecule has 3 aromatic rings. The van der Waals surface area contributed by atoms with Crippen molar-refractivity contribution >= 4 is 11.5 Å². The largest absolute Gasteiger partial charge is 0.440 e. The van der Waals surface area contributed by atoms with Gasteiger partial charge in [-0.2, -0.15) is 4.98 Å². The Morgan fingerprint density at radius 2 is 1.89 bits per heavy atom. The first-order valence-electron chi connectivity index (χ1n) is 11.9. The molecule has 1 fully saturated rings. The first kappa shape index (κ1) is 24.6. The molecule has 0 bridgehead atoms. The Morgan fingerprint density at radius 1 is 1.09 bits per heavy atom. The molecule has 182 valence electrons. The van der Waals surface area contributed by atoms with Crippen molar-refractivity contribution in [2.45, 2.75) is 19.8 Å². The molecule has 8 heteroatoms. The van der Waals surface area contributed by atoms with Crippen LogP contribution in [0.1, 0.15) is 17.8 Å². The second kappa shape index (κ2) is 12.3. The number of morpholine rings is 1. The van der Waals surface area contributed by atoms with E-state index in [1.807, 2.05) is 19.1 Å². The van der Waals surface area contributed by atoms with E-state index in [2.05, 4.69) is 49.3 Å². The zero-order valence-electron chi connectivity index (χ0n) is 20.0. The molecule has 1 aliphatic rings. The minimum Gasteiger partial charge on any atom is -0.440 e. The molecule has 0 saturated carbocycles. The van der Waals surface area contributed by atoms with Gasteiger partial charge in [-0.1, -0.05) is 36.4 Å². The molecule has 35 heavy (non-hydrogen) atoms. The summed E-state index contributed by atoms with van der Waals surface area (Å²) < 4.78 is 11.7. The number of aryl methyl sites for hydroxylation is 1. The van der Waals surface area contributed by atoms with Gasteiger partial charge in [0, 0.05) is 31.3 Å². The fourth-order valence-electron chi connectivity index (χ4n) is 3.96. The molecule has 0 atom stereocenters. The maximum atomic E-state index is 8.88. The van der Waals surface area contributed by atoms with Crippen molar-refractivity contribution < 1.29 is 14.6 Å². The normalized spacial score (nSPS) is 13.5. The standard InChI is InChI=1S/C27H31N5O3/c1-20-30-26(32-13-16-34-17-14-32)19-27(31-20)35-25-18-23(28-2)8-9-24(25)22-6-4-21(5-7-22)10-12-29-11-3-15-33/h4-9,18-19,29,33H,3,10-17H2,1H3. The van der Waals surface area contributed by atoms with Crippen LogP contribution in [-0.2, 0) is 11.2 Å². The van der Waals surface area contributed by atoms with E-state index in [0.717, 1.165) is 56.0 Å². The lowest BCUT2D eigenvalue weighted by atomic mass is 10.0. The molecule has 1 aliphatic heterocycles. The van der Waals surface area contributed by atoms with Crippen LogP contribution in [0.15, 0.2) is 48.5 Å². The van der Waals surface area contributed by atoms with E-state index in [1.54, 1.807) is 12.1 Å². The van der Waals surface area contributed by atoms with E-state index < -0.39 is 0 Å². The maximum Gasteiger partial charge on any atom is 0.224 e. The number of aliphatic hydroxyl groups excluding tert-OH is 1. The molecule has 0 unspecified atom stereocenters. The van der Waals surface area contributed by atoms with Crippen molar-refractivity contribution in [1.82, 2.24) is 15.3 Å². The van der Waals surface area contributed by atoms with Crippen LogP contribution in [0.5, 0.6) is 11.6 Å². The van der Waals surface area contributed by atoms with Crippen LogP contribution in [0.2, 0.25) is 0 Å². The summed E-state index contributed by atoms with van der Waals surface area (Å²) in [5.74, 6) is 2.48. The van der Waals surface area contributed by atoms with Gasteiger partial charge in [0.15, 0.2) is 5.69 Å². The van der Waals surface area contributed by atoms with Gasteiger partial charge in [0.1, 0.15) is 17.4 Å². The third-order valence-electron chi connectivity index (χ3n) is 5.81. The highest BCUT2D eigenvalue weighted by atomic mass is 16.5. The summed E-state index contributed by atoms with van der Waals surface area (Å²) in [6, 6.07) is 15.7. The van der Waals surface area contributed by atoms with E-state index in [-0.39, 0.29) is 6.61 Å². The number of ether oxygens (including phenoxy) is 2. The maximum absolute atomic E-state index is 8.88. The van der Waals surface area contributed by atoms with E-state index in [0.29, 0.717) is 36.4 Å². The molecule has 4 rings (SSSR count). The van der Waals surface area contributed by atoms with Crippen LogP contribution in [0.4, 0.5) is 11.5 Å². The van der Waals surface area contributed by atoms with E-state index in [9.17, 15) is 0 Å². The first-order valence-corrected chi connectivity index (χ1v) is 11.9. The fraction of sp³-hybridized carbons (Fsp3) is 0.370. The summed E-state index contributed by atoms with van der Waals surface area (Å²) >= 11 is 0. The number of aromatic nitrogens is 2. The van der Waals surface area contributed by atoms with Gasteiger partial charge in [0.25, 0.3) is 0 Å². The van der Waals surface area contributed by atoms with Gasteiger partial charge in [-0.15, -0.1) is 0 Å². The van der Waals surface area contributed by atoms with Gasteiger partial charge in [0.2, 0.25) is 5.88 Å². The number of aliphatic hydroxyl groups is 1. The Balaban J connectivity index is 1.54. The summed E-state index contributed by atoms with van der Waals surface area (Å²) in [6.07, 6.45) is 1.68. The van der Waals surface area contributed by atoms with Gasteiger partial charge in [0.05, 0.1) is 19.8 Å². The van der Waals surface area contributed by atoms with Gasteiger partial charge >= 0.3 is 0 Å². The first-order chi connectivity index (χ1) is 17.2. The lowest BCUT2D eigenvalue weighted by molar-refractivity contribution is 0.122. The van der Waals surface area contributed by atoms with Crippen LogP contribution < -0.4 is 15.0 Å². The van der Waals surface area contributed by atoms with E-state index >= 15 is 0 Å². The quantitative estimate of drug-likeness (QED) is 0.338. The zero-order valence-corrected chi connectivity index (χ0v) is 20.0. The van der Waals surface area contributed by atoms with Crippen LogP contribution >= 0.6 is 0 Å². The minimum atomic E-state index is 0.210. The lowest BCUT2D eigenvalue weighted by Crippen LogP contribution is -2.36. The monoisotopic (exact) mass is 473 g/mol. The SMILES string of the molecule is [C-]#[N+]c1ccc(-c2ccc(CCNCCCO)cc2)c(Oc2cc(N3CCOCC3)nc(C)n2)c1. The molecular weight excluding hydrogens is 442 g/mol. The smallest absolute Gasteiger partial charge is 0.224 e. The Morgan fingerprint density at radius 3 is 2.63 bits per heavy atom. The highest BCUT2D eigenvalue weighted by molar-refractivity contribution is 5.74. The number of hydrogen-bond acceptors (Lipinski definition) is 7. The molecule has 1 aromatic heterocycles. The second-order valence-electron chi connectivity index (χ2n) is 8.38. The summed E-state index contributed by atoms with van der Waals surface area (Å²) in [6.45, 7) is 14.1. The molecule has 0 amide bonds. The number of hydrogen-bond donors (Lipinski definition) is 2. The molecular formula is C27H31N5O3. The van der Waals surface area contributed by atoms with Crippen molar-refractivity contribution in [2.75, 3.05) is 50.9 Å². The molecule has 2 heterocycles. The van der Waals surface area contributed by atoms with E-state index in [4.69, 9.17) is 21.2 Å². The second-order valence-corrected chi connectivity index (χ2v) is 8.38. The van der Waals surface area contributed by atoms with Crippen molar-refractivity contribution in [3.05, 3.63) is 71.3 Å². The van der Waals surface area contributed by atoms with Gasteiger partial charge in [-0.05, 0) is 50.0 Å². The minimum absolute atomic E-state index is 0.210. The van der Waals surface area contributed by atoms with Gasteiger partial charge in [-0.25, -0.2) is 9.83 Å². The van der Waals surface area contributed by atoms with Crippen LogP contribution in [0, 0.1) is 13.5 Å². The topological polar surface area (TPSA) is 84.1 Å². The number of benzene rings is 2. The van der Waals surface area contributed by atoms with Crippen molar-refractivity contribution in [3.63, 3.8) is 0 Å². The van der Waals surface area contributed by atoms with Crippen molar-refractivity contribution in [2.24, 2.45) is 0 Å². The number of nitrogens with one attached hydrogen (secondary N) is 1. The Bertz CT molecular complexity index is 1150. The molecule has 0 aliphatic carbocycles. The number of rotatable bonds is 10. The molecule has 1 saturated heterocycles. The van der Waals surface area contributed by atoms with Crippen molar-refractivity contribution in [1.29, 1.82) is 0 Å². The van der Waals surface area contributed by atoms with Crippen molar-refractivity contribution in [3.8, 4) is 22.8 Å². The Hall–Kier alpha value is -3.51. The third-order valence-corrected chi connectivity index (χ3v) is 5.81. The average Bonchev–Trinajstić information content (AvgIpc) is 2.89. The number of anilines is 1. The number of nitrogens with zero attached hydrogens (tertiary/aromatic N) is 4. The van der Waals surface area contributed by atoms with Crippen LogP contribution in [0.25, 0.3) is 16.0 Å². The third kappa shape index (κ3) is 6.76. The zero-order chi connectivity index (χ0) is 24.5. The van der Waals surface area contributed by atoms with Crippen LogP contribution in [-0.4, -0.2) is 61.1 Å². The van der Waals surface area contributed by atoms with Gasteiger partial charge < -0.3 is 24.8 Å². The highest BCUT2D eigenvalue weighted by Gasteiger charge is 2.16. The summed E-state index contributed by atoms with van der Waals surface area (Å²) in [5.41, 5.74) is 3.64. The Kier molecular flexibility index (Phi) is 8.63. The predicted molar refractivity (Wildman–Crippen MR) is 136 cm³/mol. The highest BCUT2D eigenvalue weighted by Crippen LogP contribution is 2.36. The molecule has 0 radical (unpaired) electrons. The molecule has 2 N–H and O–H groups in total. The molecule has 8 nitrogen and oxygen atoms in total. The fourth-order valence-corrected chi connectivity index (χ4v) is 3.96. The van der Waals surface area contributed by atoms with E-state index in [1.165, 1.54) is 5.56 Å². The summed E-state index contributed by atoms with van der Waals surface area (Å²) in [5, 5.41) is 12.2. The van der Waals surface area contributed by atoms with Crippen LogP contribution in [0.3, 0.4) is 0 Å². The average molecular weight is 474 g/mol. The predicted octanol–water partition coefficient (Wildman–Crippen LogP) is 4.15. The summed E-state index contributed by atoms with van der Waals surface area (Å²) in [7, 11) is 0. The van der Waals surface area contributed by atoms with Gasteiger partial charge in [-0.3, -0.25) is 0 Å². The summed E-state index contributed by atoms with van der Waals surface area (Å²) in [4.78, 5) is 14.8.